The number of terminal acetylenes is 1. The van der Waals surface area contributed by atoms with Gasteiger partial charge in [0.15, 0.2) is 0 Å². The molecule has 0 spiro atoms. The molecular formula is C49H69FN2. The van der Waals surface area contributed by atoms with Crippen molar-refractivity contribution in [2.24, 2.45) is 5.73 Å². The first kappa shape index (κ1) is 49.3. The zero-order chi connectivity index (χ0) is 39.6. The maximum absolute atomic E-state index is 13.3. The Labute approximate surface area is 319 Å². The van der Waals surface area contributed by atoms with E-state index in [0.717, 1.165) is 70.4 Å². The third-order valence-electron chi connectivity index (χ3n) is 7.69. The van der Waals surface area contributed by atoms with Crippen LogP contribution in [-0.4, -0.2) is 7.05 Å². The molecule has 0 unspecified atom stereocenters. The van der Waals surface area contributed by atoms with Crippen molar-refractivity contribution in [1.82, 2.24) is 5.32 Å². The lowest BCUT2D eigenvalue weighted by Gasteiger charge is -2.11. The van der Waals surface area contributed by atoms with Crippen molar-refractivity contribution < 1.29 is 4.39 Å². The Morgan fingerprint density at radius 1 is 0.750 bits per heavy atom. The predicted octanol–water partition coefficient (Wildman–Crippen LogP) is 13.7. The van der Waals surface area contributed by atoms with Crippen LogP contribution in [0.25, 0.3) is 5.57 Å². The average molecular weight is 705 g/mol. The second kappa shape index (κ2) is 33.3. The number of hydrogen-bond acceptors (Lipinski definition) is 2. The van der Waals surface area contributed by atoms with Crippen molar-refractivity contribution in [2.45, 2.75) is 106 Å². The molecule has 0 bridgehead atoms. The van der Waals surface area contributed by atoms with Crippen molar-refractivity contribution in [2.75, 3.05) is 7.05 Å². The minimum atomic E-state index is -0.188. The molecule has 0 saturated carbocycles. The molecule has 0 aromatic heterocycles. The third-order valence-corrected chi connectivity index (χ3v) is 7.69. The Morgan fingerprint density at radius 2 is 1.31 bits per heavy atom. The van der Waals surface area contributed by atoms with Gasteiger partial charge in [-0.1, -0.05) is 158 Å². The zero-order valence-corrected chi connectivity index (χ0v) is 33.7. The molecule has 0 fully saturated rings. The van der Waals surface area contributed by atoms with Crippen LogP contribution in [-0.2, 0) is 12.8 Å². The van der Waals surface area contributed by atoms with E-state index in [-0.39, 0.29) is 5.82 Å². The lowest BCUT2D eigenvalue weighted by molar-refractivity contribution is 0.611. The number of hydrogen-bond donors (Lipinski definition) is 2. The van der Waals surface area contributed by atoms with Crippen LogP contribution in [0.2, 0.25) is 0 Å². The summed E-state index contributed by atoms with van der Waals surface area (Å²) in [6.07, 6.45) is 22.6. The van der Waals surface area contributed by atoms with Crippen molar-refractivity contribution >= 4 is 5.57 Å². The van der Waals surface area contributed by atoms with Gasteiger partial charge in [0.1, 0.15) is 5.82 Å². The molecule has 2 nitrogen and oxygen atoms in total. The summed E-state index contributed by atoms with van der Waals surface area (Å²) in [5, 5.41) is 2.69. The highest BCUT2D eigenvalue weighted by Crippen LogP contribution is 2.24. The Bertz CT molecular complexity index is 1520. The number of halogens is 1. The molecule has 3 heteroatoms. The van der Waals surface area contributed by atoms with Gasteiger partial charge < -0.3 is 11.1 Å². The number of unbranched alkanes of at least 4 members (excludes halogenated alkanes) is 4. The third kappa shape index (κ3) is 24.4. The van der Waals surface area contributed by atoms with Gasteiger partial charge in [-0.25, -0.2) is 4.39 Å². The number of allylic oxidation sites excluding steroid dienone is 7. The molecule has 3 rings (SSSR count). The number of nitrogens with two attached hydrogens (primary N) is 1. The summed E-state index contributed by atoms with van der Waals surface area (Å²) in [5.74, 6) is 2.55. The summed E-state index contributed by atoms with van der Waals surface area (Å²) in [6, 6.07) is 25.4. The van der Waals surface area contributed by atoms with Gasteiger partial charge in [0, 0.05) is 18.3 Å². The number of rotatable bonds is 17. The van der Waals surface area contributed by atoms with Crippen LogP contribution in [0.3, 0.4) is 0 Å². The van der Waals surface area contributed by atoms with Crippen LogP contribution in [0, 0.1) is 18.2 Å². The highest BCUT2D eigenvalue weighted by molar-refractivity contribution is 5.71. The van der Waals surface area contributed by atoms with Crippen LogP contribution >= 0.6 is 0 Å². The second-order valence-electron chi connectivity index (χ2n) is 11.9. The molecule has 0 aliphatic carbocycles. The maximum Gasteiger partial charge on any atom is 0.123 e. The lowest BCUT2D eigenvalue weighted by atomic mass is 9.94. The normalized spacial score (nSPS) is 10.1. The van der Waals surface area contributed by atoms with Crippen molar-refractivity contribution in [3.05, 3.63) is 174 Å². The largest absolute Gasteiger partial charge is 0.403 e. The monoisotopic (exact) mass is 705 g/mol. The predicted molar refractivity (Wildman–Crippen MR) is 233 cm³/mol. The summed E-state index contributed by atoms with van der Waals surface area (Å²) in [7, 11) is 1.81. The molecule has 3 aromatic carbocycles. The van der Waals surface area contributed by atoms with Gasteiger partial charge in [-0.15, -0.1) is 6.42 Å². The van der Waals surface area contributed by atoms with E-state index in [4.69, 9.17) is 12.2 Å². The van der Waals surface area contributed by atoms with E-state index in [0.29, 0.717) is 0 Å². The number of aryl methyl sites for hydroxylation is 2. The minimum Gasteiger partial charge on any atom is -0.403 e. The van der Waals surface area contributed by atoms with Crippen molar-refractivity contribution in [3.63, 3.8) is 0 Å². The van der Waals surface area contributed by atoms with E-state index in [1.165, 1.54) is 50.2 Å². The van der Waals surface area contributed by atoms with E-state index in [9.17, 15) is 4.39 Å². The summed E-state index contributed by atoms with van der Waals surface area (Å²) in [6.45, 7) is 27.5. The van der Waals surface area contributed by atoms with E-state index in [2.05, 4.69) is 87.0 Å². The molecule has 282 valence electrons. The van der Waals surface area contributed by atoms with Crippen LogP contribution in [0.1, 0.15) is 115 Å². The van der Waals surface area contributed by atoms with E-state index in [1.807, 2.05) is 72.0 Å². The molecule has 0 heterocycles. The van der Waals surface area contributed by atoms with Crippen molar-refractivity contribution in [1.29, 1.82) is 0 Å². The molecule has 3 N–H and O–H groups in total. The molecule has 0 aliphatic heterocycles. The van der Waals surface area contributed by atoms with Gasteiger partial charge in [0.25, 0.3) is 0 Å². The van der Waals surface area contributed by atoms with Crippen LogP contribution < -0.4 is 11.1 Å². The highest BCUT2D eigenvalue weighted by Gasteiger charge is 2.06. The summed E-state index contributed by atoms with van der Waals surface area (Å²) < 4.78 is 13.3. The maximum atomic E-state index is 13.3. The first-order valence-electron chi connectivity index (χ1n) is 18.9. The first-order valence-corrected chi connectivity index (χ1v) is 18.9. The van der Waals surface area contributed by atoms with Gasteiger partial charge in [-0.3, -0.25) is 0 Å². The fraction of sp³-hybridized carbons (Fsp3) is 0.347. The smallest absolute Gasteiger partial charge is 0.123 e. The summed E-state index contributed by atoms with van der Waals surface area (Å²) in [4.78, 5) is 0. The van der Waals surface area contributed by atoms with Crippen LogP contribution in [0.4, 0.5) is 4.39 Å². The summed E-state index contributed by atoms with van der Waals surface area (Å²) >= 11 is 0. The minimum absolute atomic E-state index is 0.188. The van der Waals surface area contributed by atoms with Crippen molar-refractivity contribution in [3.8, 4) is 12.3 Å². The second-order valence-corrected chi connectivity index (χ2v) is 11.9. The first-order chi connectivity index (χ1) is 25.1. The lowest BCUT2D eigenvalue weighted by Crippen LogP contribution is -1.94. The molecule has 0 aliphatic rings. The molecule has 3 aromatic rings. The molecule has 0 radical (unpaired) electrons. The van der Waals surface area contributed by atoms with Crippen LogP contribution in [0.15, 0.2) is 146 Å². The fourth-order valence-corrected chi connectivity index (χ4v) is 5.00. The average Bonchev–Trinajstić information content (AvgIpc) is 3.16. The van der Waals surface area contributed by atoms with Crippen LogP contribution in [0.5, 0.6) is 0 Å². The summed E-state index contributed by atoms with van der Waals surface area (Å²) in [5.41, 5.74) is 14.9. The van der Waals surface area contributed by atoms with E-state index in [1.54, 1.807) is 18.3 Å². The van der Waals surface area contributed by atoms with E-state index < -0.39 is 0 Å². The molecule has 52 heavy (non-hydrogen) atoms. The standard InChI is InChI=1S/C27H27F.C15H23N.C3H7N.2C2H6/c1-6-24-14-7-8-16-27(24)22(5)17-18-26(20(2)3)21(4)11-9-12-23-13-10-15-25(28)19-23;1-14(16)10-6-3-2-4-7-11-15-12-8-5-9-13-15;1-3-4-2;2*1-2/h1,7-8,10,13-19H,2,4,9,11-12H2,3,5H3;5,8-9,12-13H,1-4,6-7,10-11,16H2;3-4H,1H2,2H3;2*1-2H3/b22-17+,26-18-;;;;. The number of nitrogens with one attached hydrogen (secondary N) is 1. The molecule has 0 amide bonds. The number of benzene rings is 3. The molecule has 0 atom stereocenters. The Hall–Kier alpha value is -4.81. The quantitative estimate of drug-likeness (QED) is 0.0834. The van der Waals surface area contributed by atoms with Gasteiger partial charge >= 0.3 is 0 Å². The van der Waals surface area contributed by atoms with Gasteiger partial charge in [0.05, 0.1) is 0 Å². The Morgan fingerprint density at radius 3 is 1.88 bits per heavy atom. The van der Waals surface area contributed by atoms with Gasteiger partial charge in [-0.2, -0.15) is 0 Å². The van der Waals surface area contributed by atoms with Gasteiger partial charge in [0.2, 0.25) is 0 Å². The van der Waals surface area contributed by atoms with Gasteiger partial charge in [-0.05, 0) is 117 Å². The highest BCUT2D eigenvalue weighted by atomic mass is 19.1. The Kier molecular flexibility index (Phi) is 31.6. The topological polar surface area (TPSA) is 38.0 Å². The fourth-order valence-electron chi connectivity index (χ4n) is 5.00. The Balaban J connectivity index is 0. The SMILES string of the molecule is C#Cc1ccccc1/C(C)=C/C=C(/C(=C)C)C(=C)CCCc1cccc(F)c1.C=C(N)CCCCCCCc1ccccc1.C=CNC.CC.CC. The molecular weight excluding hydrogens is 636 g/mol. The van der Waals surface area contributed by atoms with E-state index >= 15 is 0 Å². The molecule has 0 saturated heterocycles. The zero-order valence-electron chi connectivity index (χ0n) is 33.7.